The zero-order chi connectivity index (χ0) is 26.0. The molecule has 2 heterocycles. The molecule has 0 N–H and O–H groups in total. The lowest BCUT2D eigenvalue weighted by molar-refractivity contribution is -0.197. The molecule has 1 fully saturated rings. The second kappa shape index (κ2) is 10.2. The van der Waals surface area contributed by atoms with Crippen molar-refractivity contribution >= 4 is 57.2 Å². The molecule has 9 heteroatoms. The predicted molar refractivity (Wildman–Crippen MR) is 139 cm³/mol. The van der Waals surface area contributed by atoms with Gasteiger partial charge in [0.1, 0.15) is 11.2 Å². The summed E-state index contributed by atoms with van der Waals surface area (Å²) in [7, 11) is 7.69. The van der Waals surface area contributed by atoms with Crippen LogP contribution in [0, 0.1) is 0 Å². The van der Waals surface area contributed by atoms with E-state index in [2.05, 4.69) is 0 Å². The number of rotatable bonds is 8. The van der Waals surface area contributed by atoms with Crippen LogP contribution in [0.1, 0.15) is 37.7 Å². The molecule has 0 aliphatic carbocycles. The van der Waals surface area contributed by atoms with E-state index in [0.29, 0.717) is 39.8 Å². The summed E-state index contributed by atoms with van der Waals surface area (Å²) in [6, 6.07) is 9.31. The highest BCUT2D eigenvalue weighted by Gasteiger charge is 2.32. The molecule has 188 valence electrons. The highest BCUT2D eigenvalue weighted by atomic mass is 16.7. The average molecular weight is 492 g/mol. The van der Waals surface area contributed by atoms with E-state index < -0.39 is 17.8 Å². The molecule has 1 aromatic heterocycles. The number of hydrogen-bond acceptors (Lipinski definition) is 8. The number of anilines is 2. The van der Waals surface area contributed by atoms with E-state index in [1.807, 2.05) is 74.4 Å². The normalized spacial score (nSPS) is 13.8. The third kappa shape index (κ3) is 5.10. The minimum absolute atomic E-state index is 0.0564. The smallest absolute Gasteiger partial charge is 0.333 e. The number of allylic oxidation sites excluding steroid dienone is 1. The number of imide groups is 1. The molecule has 4 rings (SSSR count). The van der Waals surface area contributed by atoms with Crippen LogP contribution in [0.15, 0.2) is 45.6 Å². The Morgan fingerprint density at radius 3 is 2.31 bits per heavy atom. The summed E-state index contributed by atoms with van der Waals surface area (Å²) in [5.41, 5.74) is 3.46. The molecule has 0 saturated carbocycles. The van der Waals surface area contributed by atoms with Gasteiger partial charge in [-0.15, -0.1) is 5.06 Å². The molecule has 1 aliphatic heterocycles. The SMILES string of the molecule is CN(C)c1ccc2c(=O)c3c(/C=C/CCCC(=O)ON4C(=O)CCC4=O)cc(N(C)C)cc3oc2c1. The van der Waals surface area contributed by atoms with Crippen LogP contribution in [0.4, 0.5) is 11.4 Å². The lowest BCUT2D eigenvalue weighted by Crippen LogP contribution is -2.31. The van der Waals surface area contributed by atoms with Crippen molar-refractivity contribution in [3.05, 3.63) is 52.2 Å². The number of benzene rings is 2. The average Bonchev–Trinajstić information content (AvgIpc) is 3.15. The van der Waals surface area contributed by atoms with Crippen molar-refractivity contribution in [3.63, 3.8) is 0 Å². The fourth-order valence-corrected chi connectivity index (χ4v) is 4.03. The lowest BCUT2D eigenvalue weighted by Gasteiger charge is -2.16. The van der Waals surface area contributed by atoms with Crippen molar-refractivity contribution < 1.29 is 23.6 Å². The summed E-state index contributed by atoms with van der Waals surface area (Å²) in [4.78, 5) is 57.3. The van der Waals surface area contributed by atoms with Gasteiger partial charge >= 0.3 is 5.97 Å². The van der Waals surface area contributed by atoms with Crippen LogP contribution in [0.2, 0.25) is 0 Å². The van der Waals surface area contributed by atoms with E-state index in [-0.39, 0.29) is 24.7 Å². The zero-order valence-electron chi connectivity index (χ0n) is 20.9. The van der Waals surface area contributed by atoms with Crippen LogP contribution < -0.4 is 15.2 Å². The van der Waals surface area contributed by atoms with E-state index in [9.17, 15) is 19.2 Å². The highest BCUT2D eigenvalue weighted by molar-refractivity contribution is 6.01. The van der Waals surface area contributed by atoms with Crippen molar-refractivity contribution in [3.8, 4) is 0 Å². The van der Waals surface area contributed by atoms with Crippen LogP contribution in [-0.2, 0) is 19.2 Å². The van der Waals surface area contributed by atoms with Crippen molar-refractivity contribution in [1.82, 2.24) is 5.06 Å². The van der Waals surface area contributed by atoms with E-state index in [4.69, 9.17) is 9.25 Å². The molecule has 9 nitrogen and oxygen atoms in total. The van der Waals surface area contributed by atoms with Gasteiger partial charge in [-0.3, -0.25) is 14.4 Å². The Kier molecular flexibility index (Phi) is 7.10. The van der Waals surface area contributed by atoms with E-state index >= 15 is 0 Å². The Morgan fingerprint density at radius 2 is 1.64 bits per heavy atom. The molecule has 3 aromatic rings. The van der Waals surface area contributed by atoms with Crippen molar-refractivity contribution in [1.29, 1.82) is 0 Å². The number of carbonyl (C=O) groups is 3. The molecule has 0 unspecified atom stereocenters. The van der Waals surface area contributed by atoms with Gasteiger partial charge in [0, 0.05) is 71.0 Å². The Labute approximate surface area is 208 Å². The number of hydroxylamine groups is 2. The second-order valence-corrected chi connectivity index (χ2v) is 9.15. The highest BCUT2D eigenvalue weighted by Crippen LogP contribution is 2.29. The monoisotopic (exact) mass is 491 g/mol. The second-order valence-electron chi connectivity index (χ2n) is 9.15. The fourth-order valence-electron chi connectivity index (χ4n) is 4.03. The number of nitrogens with zero attached hydrogens (tertiary/aromatic N) is 3. The number of fused-ring (bicyclic) bond motifs is 2. The first-order valence-corrected chi connectivity index (χ1v) is 11.8. The minimum Gasteiger partial charge on any atom is -0.456 e. The standard InChI is InChI=1S/C27H29N3O6/c1-28(2)18-10-11-20-21(15-18)35-22-16-19(29(3)4)14-17(26(22)27(20)34)8-6-5-7-9-25(33)36-30-23(31)12-13-24(30)32/h6,8,10-11,14-16H,5,7,9,12-13H2,1-4H3/b8-6+. The van der Waals surface area contributed by atoms with Crippen LogP contribution >= 0.6 is 0 Å². The first-order valence-electron chi connectivity index (χ1n) is 11.8. The molecule has 1 aliphatic rings. The summed E-state index contributed by atoms with van der Waals surface area (Å²) in [6.45, 7) is 0. The topological polar surface area (TPSA) is 100 Å². The van der Waals surface area contributed by atoms with Crippen molar-refractivity contribution in [2.45, 2.75) is 32.1 Å². The third-order valence-corrected chi connectivity index (χ3v) is 6.06. The molecular weight excluding hydrogens is 462 g/mol. The van der Waals surface area contributed by atoms with Crippen LogP contribution in [-0.4, -0.2) is 51.0 Å². The third-order valence-electron chi connectivity index (χ3n) is 6.06. The molecule has 2 aromatic carbocycles. The van der Waals surface area contributed by atoms with E-state index in [1.165, 1.54) is 0 Å². The van der Waals surface area contributed by atoms with E-state index in [0.717, 1.165) is 16.9 Å². The molecule has 0 atom stereocenters. The lowest BCUT2D eigenvalue weighted by atomic mass is 10.0. The summed E-state index contributed by atoms with van der Waals surface area (Å²) in [5, 5.41) is 1.56. The van der Waals surface area contributed by atoms with Gasteiger partial charge in [-0.25, -0.2) is 4.79 Å². The quantitative estimate of drug-likeness (QED) is 0.266. The van der Waals surface area contributed by atoms with Gasteiger partial charge in [-0.1, -0.05) is 12.2 Å². The van der Waals surface area contributed by atoms with Crippen molar-refractivity contribution in [2.75, 3.05) is 38.0 Å². The minimum atomic E-state index is -0.628. The van der Waals surface area contributed by atoms with Gasteiger partial charge in [0.05, 0.1) is 10.8 Å². The largest absolute Gasteiger partial charge is 0.456 e. The maximum absolute atomic E-state index is 13.4. The Hall–Kier alpha value is -4.14. The first-order chi connectivity index (χ1) is 17.2. The summed E-state index contributed by atoms with van der Waals surface area (Å²) in [5.74, 6) is -1.62. The summed E-state index contributed by atoms with van der Waals surface area (Å²) < 4.78 is 6.18. The van der Waals surface area contributed by atoms with Gasteiger partial charge in [0.2, 0.25) is 5.43 Å². The molecule has 0 spiro atoms. The van der Waals surface area contributed by atoms with Crippen LogP contribution in [0.5, 0.6) is 0 Å². The molecule has 2 amide bonds. The number of unbranched alkanes of at least 4 members (excludes halogenated alkanes) is 1. The maximum Gasteiger partial charge on any atom is 0.333 e. The fraction of sp³-hybridized carbons (Fsp3) is 0.333. The van der Waals surface area contributed by atoms with Gasteiger partial charge < -0.3 is 19.1 Å². The Balaban J connectivity index is 1.55. The number of amides is 2. The van der Waals surface area contributed by atoms with Crippen molar-refractivity contribution in [2.24, 2.45) is 0 Å². The maximum atomic E-state index is 13.4. The predicted octanol–water partition coefficient (Wildman–Crippen LogP) is 3.87. The Morgan fingerprint density at radius 1 is 0.972 bits per heavy atom. The van der Waals surface area contributed by atoms with Crippen LogP contribution in [0.25, 0.3) is 28.0 Å². The van der Waals surface area contributed by atoms with Gasteiger partial charge in [0.15, 0.2) is 0 Å². The molecule has 36 heavy (non-hydrogen) atoms. The molecule has 1 saturated heterocycles. The summed E-state index contributed by atoms with van der Waals surface area (Å²) in [6.07, 6.45) is 4.92. The van der Waals surface area contributed by atoms with Gasteiger partial charge in [-0.2, -0.15) is 0 Å². The molecular formula is C27H29N3O6. The van der Waals surface area contributed by atoms with Gasteiger partial charge in [-0.05, 0) is 36.6 Å². The summed E-state index contributed by atoms with van der Waals surface area (Å²) >= 11 is 0. The first kappa shape index (κ1) is 25.0. The van der Waals surface area contributed by atoms with Crippen LogP contribution in [0.3, 0.4) is 0 Å². The number of hydrogen-bond donors (Lipinski definition) is 0. The molecule has 0 radical (unpaired) electrons. The molecule has 0 bridgehead atoms. The van der Waals surface area contributed by atoms with Gasteiger partial charge in [0.25, 0.3) is 11.8 Å². The Bertz CT molecular complexity index is 1420. The number of carbonyl (C=O) groups excluding carboxylic acids is 3. The zero-order valence-corrected chi connectivity index (χ0v) is 20.9. The van der Waals surface area contributed by atoms with E-state index in [1.54, 1.807) is 6.07 Å².